The van der Waals surface area contributed by atoms with Gasteiger partial charge in [-0.2, -0.15) is 0 Å². The molecule has 2 aromatic rings. The molecule has 0 saturated heterocycles. The van der Waals surface area contributed by atoms with Gasteiger partial charge in [0.1, 0.15) is 11.6 Å². The maximum Gasteiger partial charge on any atom is 0.340 e. The van der Waals surface area contributed by atoms with E-state index in [0.717, 1.165) is 18.2 Å². The Balaban J connectivity index is 2.06. The largest absolute Gasteiger partial charge is 0.449 e. The third kappa shape index (κ3) is 4.43. The number of carbonyl (C=O) groups is 2. The molecule has 0 spiro atoms. The predicted molar refractivity (Wildman–Crippen MR) is 86.3 cm³/mol. The van der Waals surface area contributed by atoms with Crippen molar-refractivity contribution in [3.05, 3.63) is 63.6 Å². The second-order valence-corrected chi connectivity index (χ2v) is 5.61. The number of nitrogens with one attached hydrogen (secondary N) is 1. The molecule has 0 aliphatic rings. The van der Waals surface area contributed by atoms with Crippen molar-refractivity contribution in [2.24, 2.45) is 0 Å². The fourth-order valence-electron chi connectivity index (χ4n) is 1.77. The Morgan fingerprint density at radius 1 is 1.12 bits per heavy atom. The molecule has 0 radical (unpaired) electrons. The maximum absolute atomic E-state index is 13.4. The zero-order chi connectivity index (χ0) is 17.9. The van der Waals surface area contributed by atoms with Crippen molar-refractivity contribution in [3.63, 3.8) is 0 Å². The summed E-state index contributed by atoms with van der Waals surface area (Å²) in [7, 11) is 0. The summed E-state index contributed by atoms with van der Waals surface area (Å²) in [5.41, 5.74) is -0.0533. The third-order valence-electron chi connectivity index (χ3n) is 2.98. The first kappa shape index (κ1) is 18.2. The van der Waals surface area contributed by atoms with Gasteiger partial charge in [0.15, 0.2) is 6.10 Å². The second-order valence-electron chi connectivity index (χ2n) is 4.79. The molecule has 126 valence electrons. The number of esters is 1. The van der Waals surface area contributed by atoms with Crippen LogP contribution >= 0.6 is 23.2 Å². The van der Waals surface area contributed by atoms with Crippen molar-refractivity contribution in [2.45, 2.75) is 13.0 Å². The lowest BCUT2D eigenvalue weighted by Crippen LogP contribution is -2.30. The van der Waals surface area contributed by atoms with Gasteiger partial charge in [0.25, 0.3) is 5.91 Å². The minimum atomic E-state index is -1.21. The standard InChI is InChI=1S/C16H11Cl2F2NO3/c1-8(15(22)21-10-4-2-3-9(19)5-10)24-16(23)11-6-14(20)13(18)7-12(11)17/h2-8H,1H3,(H,21,22)/t8-/m1/s1. The van der Waals surface area contributed by atoms with Crippen molar-refractivity contribution in [1.82, 2.24) is 0 Å². The molecule has 8 heteroatoms. The van der Waals surface area contributed by atoms with E-state index in [4.69, 9.17) is 27.9 Å². The monoisotopic (exact) mass is 373 g/mol. The molecule has 2 aromatic carbocycles. The number of amides is 1. The van der Waals surface area contributed by atoms with Gasteiger partial charge >= 0.3 is 5.97 Å². The maximum atomic E-state index is 13.4. The normalized spacial score (nSPS) is 11.7. The van der Waals surface area contributed by atoms with Crippen LogP contribution in [0.15, 0.2) is 36.4 Å². The SMILES string of the molecule is C[C@@H](OC(=O)c1cc(F)c(Cl)cc1Cl)C(=O)Nc1cccc(F)c1. The highest BCUT2D eigenvalue weighted by Gasteiger charge is 2.22. The Hall–Kier alpha value is -2.18. The molecule has 0 fully saturated rings. The van der Waals surface area contributed by atoms with Gasteiger partial charge in [-0.3, -0.25) is 4.79 Å². The Bertz CT molecular complexity index is 799. The Morgan fingerprint density at radius 2 is 1.83 bits per heavy atom. The summed E-state index contributed by atoms with van der Waals surface area (Å²) in [4.78, 5) is 24.0. The van der Waals surface area contributed by atoms with Crippen molar-refractivity contribution in [1.29, 1.82) is 0 Å². The van der Waals surface area contributed by atoms with Crippen LogP contribution in [0.2, 0.25) is 10.0 Å². The zero-order valence-corrected chi connectivity index (χ0v) is 13.8. The second kappa shape index (κ2) is 7.59. The number of rotatable bonds is 4. The van der Waals surface area contributed by atoms with Gasteiger partial charge in [0.05, 0.1) is 15.6 Å². The first-order chi connectivity index (χ1) is 11.3. The van der Waals surface area contributed by atoms with Crippen LogP contribution in [0.3, 0.4) is 0 Å². The number of halogens is 4. The highest BCUT2D eigenvalue weighted by Crippen LogP contribution is 2.25. The number of anilines is 1. The van der Waals surface area contributed by atoms with E-state index in [9.17, 15) is 18.4 Å². The first-order valence-electron chi connectivity index (χ1n) is 6.70. The van der Waals surface area contributed by atoms with E-state index in [1.165, 1.54) is 25.1 Å². The van der Waals surface area contributed by atoms with Gasteiger partial charge in [-0.25, -0.2) is 13.6 Å². The van der Waals surface area contributed by atoms with Crippen LogP contribution in [0.25, 0.3) is 0 Å². The molecular formula is C16H11Cl2F2NO3. The molecule has 0 bridgehead atoms. The molecule has 0 aliphatic carbocycles. The number of hydrogen-bond acceptors (Lipinski definition) is 3. The average Bonchev–Trinajstić information content (AvgIpc) is 2.50. The molecular weight excluding hydrogens is 363 g/mol. The van der Waals surface area contributed by atoms with E-state index in [0.29, 0.717) is 0 Å². The lowest BCUT2D eigenvalue weighted by Gasteiger charge is -2.14. The summed E-state index contributed by atoms with van der Waals surface area (Å²) >= 11 is 11.4. The highest BCUT2D eigenvalue weighted by atomic mass is 35.5. The van der Waals surface area contributed by atoms with Crippen LogP contribution in [-0.4, -0.2) is 18.0 Å². The summed E-state index contributed by atoms with van der Waals surface area (Å²) in [6.07, 6.45) is -1.21. The minimum Gasteiger partial charge on any atom is -0.449 e. The van der Waals surface area contributed by atoms with Crippen LogP contribution < -0.4 is 5.32 Å². The van der Waals surface area contributed by atoms with Crippen LogP contribution in [0.4, 0.5) is 14.5 Å². The van der Waals surface area contributed by atoms with E-state index in [1.807, 2.05) is 0 Å². The summed E-state index contributed by atoms with van der Waals surface area (Å²) in [5, 5.41) is 2.04. The van der Waals surface area contributed by atoms with Gasteiger partial charge in [-0.15, -0.1) is 0 Å². The quantitative estimate of drug-likeness (QED) is 0.635. The zero-order valence-electron chi connectivity index (χ0n) is 12.3. The van der Waals surface area contributed by atoms with Crippen molar-refractivity contribution >= 4 is 40.8 Å². The van der Waals surface area contributed by atoms with Crippen LogP contribution in [-0.2, 0) is 9.53 Å². The van der Waals surface area contributed by atoms with E-state index in [-0.39, 0.29) is 21.3 Å². The Kier molecular flexibility index (Phi) is 5.75. The molecule has 0 heterocycles. The molecule has 0 unspecified atom stereocenters. The van der Waals surface area contributed by atoms with Crippen molar-refractivity contribution < 1.29 is 23.1 Å². The molecule has 1 amide bonds. The van der Waals surface area contributed by atoms with Gasteiger partial charge < -0.3 is 10.1 Å². The first-order valence-corrected chi connectivity index (χ1v) is 7.45. The van der Waals surface area contributed by atoms with Gasteiger partial charge in [0.2, 0.25) is 0 Å². The molecule has 4 nitrogen and oxygen atoms in total. The van der Waals surface area contributed by atoms with E-state index < -0.39 is 29.6 Å². The fraction of sp³-hybridized carbons (Fsp3) is 0.125. The molecule has 1 N–H and O–H groups in total. The van der Waals surface area contributed by atoms with E-state index in [2.05, 4.69) is 5.32 Å². The topological polar surface area (TPSA) is 55.4 Å². The van der Waals surface area contributed by atoms with E-state index >= 15 is 0 Å². The molecule has 0 aromatic heterocycles. The summed E-state index contributed by atoms with van der Waals surface area (Å²) in [5.74, 6) is -3.04. The number of ether oxygens (including phenoxy) is 1. The van der Waals surface area contributed by atoms with Crippen molar-refractivity contribution in [3.8, 4) is 0 Å². The fourth-order valence-corrected chi connectivity index (χ4v) is 2.23. The molecule has 0 aliphatic heterocycles. The highest BCUT2D eigenvalue weighted by molar-refractivity contribution is 6.36. The number of hydrogen-bond donors (Lipinski definition) is 1. The third-order valence-corrected chi connectivity index (χ3v) is 3.58. The van der Waals surface area contributed by atoms with Gasteiger partial charge in [0, 0.05) is 5.69 Å². The lowest BCUT2D eigenvalue weighted by molar-refractivity contribution is -0.123. The number of carbonyl (C=O) groups excluding carboxylic acids is 2. The molecule has 1 atom stereocenters. The number of benzene rings is 2. The van der Waals surface area contributed by atoms with Gasteiger partial charge in [-0.05, 0) is 37.3 Å². The predicted octanol–water partition coefficient (Wildman–Crippen LogP) is 4.46. The summed E-state index contributed by atoms with van der Waals surface area (Å²) in [6, 6.07) is 7.10. The van der Waals surface area contributed by atoms with Crippen LogP contribution in [0.5, 0.6) is 0 Å². The van der Waals surface area contributed by atoms with Crippen LogP contribution in [0, 0.1) is 11.6 Å². The van der Waals surface area contributed by atoms with Crippen molar-refractivity contribution in [2.75, 3.05) is 5.32 Å². The Morgan fingerprint density at radius 3 is 2.50 bits per heavy atom. The minimum absolute atomic E-state index is 0.107. The molecule has 24 heavy (non-hydrogen) atoms. The Labute approximate surface area is 146 Å². The van der Waals surface area contributed by atoms with E-state index in [1.54, 1.807) is 0 Å². The summed E-state index contributed by atoms with van der Waals surface area (Å²) in [6.45, 7) is 1.31. The molecule has 0 saturated carbocycles. The van der Waals surface area contributed by atoms with Crippen LogP contribution in [0.1, 0.15) is 17.3 Å². The lowest BCUT2D eigenvalue weighted by atomic mass is 10.2. The average molecular weight is 374 g/mol. The summed E-state index contributed by atoms with van der Waals surface area (Å²) < 4.78 is 31.4. The van der Waals surface area contributed by atoms with Gasteiger partial charge in [-0.1, -0.05) is 29.3 Å². The smallest absolute Gasteiger partial charge is 0.340 e. The molecule has 2 rings (SSSR count).